The Balaban J connectivity index is 1.87. The number of ether oxygens (including phenoxy) is 2. The molecule has 1 fully saturated rings. The van der Waals surface area contributed by atoms with E-state index in [9.17, 15) is 4.57 Å². The Kier molecular flexibility index (Phi) is 10.8. The van der Waals surface area contributed by atoms with Crippen LogP contribution in [0, 0.1) is 36.5 Å². The quantitative estimate of drug-likeness (QED) is 0.225. The zero-order valence-corrected chi connectivity index (χ0v) is 26.9. The molecular weight excluding hydrogens is 515 g/mol. The van der Waals surface area contributed by atoms with Crippen molar-refractivity contribution in [3.05, 3.63) is 18.3 Å². The number of nitrogens with one attached hydrogen (secondary N) is 2. The summed E-state index contributed by atoms with van der Waals surface area (Å²) in [6, 6.07) is 0. The standard InChI is InChI=1S/C29H51N4O5P/c1-12-18(3)20(5)22(7)29(9,21(6)19(4)13-2)38-39(11,34)37-24-14-26(36-25(24)15-35-10)33-17-32-27-23(8)30-16-31-28(27)33/h16-22,24-26H,12-15H2,1-11H3/p+2. The van der Waals surface area contributed by atoms with Crippen molar-refractivity contribution in [1.82, 2.24) is 9.97 Å². The molecule has 222 valence electrons. The molecule has 2 N–H and O–H groups in total. The first-order valence-electron chi connectivity index (χ1n) is 14.7. The van der Waals surface area contributed by atoms with Gasteiger partial charge in [-0.2, -0.15) is 4.98 Å². The van der Waals surface area contributed by atoms with Gasteiger partial charge < -0.3 is 18.5 Å². The van der Waals surface area contributed by atoms with Gasteiger partial charge in [0.2, 0.25) is 12.6 Å². The summed E-state index contributed by atoms with van der Waals surface area (Å²) in [4.78, 5) is 10.8. The van der Waals surface area contributed by atoms with E-state index >= 15 is 0 Å². The second-order valence-electron chi connectivity index (χ2n) is 12.1. The molecule has 0 saturated carbocycles. The van der Waals surface area contributed by atoms with Crippen molar-refractivity contribution >= 4 is 18.8 Å². The highest BCUT2D eigenvalue weighted by Gasteiger charge is 2.49. The first-order valence-corrected chi connectivity index (χ1v) is 16.6. The molecule has 3 rings (SSSR count). The van der Waals surface area contributed by atoms with Gasteiger partial charge in [0.25, 0.3) is 5.52 Å². The van der Waals surface area contributed by atoms with E-state index in [2.05, 4.69) is 70.3 Å². The van der Waals surface area contributed by atoms with Crippen LogP contribution < -0.4 is 9.55 Å². The number of hydrogen-bond donors (Lipinski definition) is 1. The van der Waals surface area contributed by atoms with Crippen LogP contribution in [0.5, 0.6) is 0 Å². The minimum atomic E-state index is -3.49. The molecule has 10 unspecified atom stereocenters. The molecule has 0 aliphatic carbocycles. The fourth-order valence-electron chi connectivity index (χ4n) is 6.11. The number of methoxy groups -OCH3 is 1. The van der Waals surface area contributed by atoms with Crippen LogP contribution in [0.15, 0.2) is 12.7 Å². The summed E-state index contributed by atoms with van der Waals surface area (Å²) in [5.41, 5.74) is 2.06. The molecule has 0 radical (unpaired) electrons. The van der Waals surface area contributed by atoms with Gasteiger partial charge in [-0.15, -0.1) is 4.57 Å². The molecule has 3 heterocycles. The van der Waals surface area contributed by atoms with Crippen molar-refractivity contribution in [1.29, 1.82) is 0 Å². The fraction of sp³-hybridized carbons (Fsp3) is 0.828. The third-order valence-corrected chi connectivity index (χ3v) is 11.2. The Morgan fingerprint density at radius 2 is 1.87 bits per heavy atom. The normalized spacial score (nSPS) is 27.0. The first kappa shape index (κ1) is 32.1. The number of rotatable bonds is 14. The summed E-state index contributed by atoms with van der Waals surface area (Å²) in [5, 5.41) is 0. The summed E-state index contributed by atoms with van der Waals surface area (Å²) < 4.78 is 41.1. The molecule has 2 aromatic heterocycles. The maximum Gasteiger partial charge on any atom is 0.399 e. The summed E-state index contributed by atoms with van der Waals surface area (Å²) in [5.74, 6) is 1.72. The summed E-state index contributed by atoms with van der Waals surface area (Å²) >= 11 is 0. The molecule has 0 aromatic carbocycles. The van der Waals surface area contributed by atoms with E-state index in [4.69, 9.17) is 18.5 Å². The van der Waals surface area contributed by atoms with E-state index in [1.165, 1.54) is 0 Å². The van der Waals surface area contributed by atoms with Gasteiger partial charge in [-0.25, -0.2) is 9.97 Å². The van der Waals surface area contributed by atoms with Gasteiger partial charge in [0.15, 0.2) is 0 Å². The van der Waals surface area contributed by atoms with Crippen LogP contribution in [0.1, 0.15) is 86.6 Å². The van der Waals surface area contributed by atoms with Crippen LogP contribution in [0.2, 0.25) is 0 Å². The highest BCUT2D eigenvalue weighted by molar-refractivity contribution is 7.53. The van der Waals surface area contributed by atoms with E-state index in [1.807, 2.05) is 17.8 Å². The highest BCUT2D eigenvalue weighted by Crippen LogP contribution is 2.56. The number of imidazole rings is 1. The van der Waals surface area contributed by atoms with E-state index in [0.29, 0.717) is 30.8 Å². The fourth-order valence-corrected chi connectivity index (χ4v) is 7.91. The van der Waals surface area contributed by atoms with Gasteiger partial charge in [-0.1, -0.05) is 61.3 Å². The van der Waals surface area contributed by atoms with Crippen LogP contribution in [0.3, 0.4) is 0 Å². The molecule has 0 spiro atoms. The third-order valence-electron chi connectivity index (χ3n) is 9.81. The van der Waals surface area contributed by atoms with Crippen molar-refractivity contribution in [2.24, 2.45) is 29.6 Å². The second-order valence-corrected chi connectivity index (χ2v) is 14.0. The van der Waals surface area contributed by atoms with Gasteiger partial charge >= 0.3 is 19.6 Å². The van der Waals surface area contributed by atoms with E-state index < -0.39 is 19.3 Å². The third kappa shape index (κ3) is 6.92. The molecule has 10 heteroatoms. The summed E-state index contributed by atoms with van der Waals surface area (Å²) in [6.45, 7) is 21.8. The average molecular weight is 569 g/mol. The molecule has 0 bridgehead atoms. The van der Waals surface area contributed by atoms with Crippen molar-refractivity contribution in [3.8, 4) is 0 Å². The SMILES string of the molecule is CCC(C)C(C)C(C)C(C)(OP(C)(=O)OC1CC([n+]2c[nH]c3c(C)nc[nH+]c32)OC1COC)C(C)C(C)CC. The van der Waals surface area contributed by atoms with Gasteiger partial charge in [0.05, 0.1) is 18.6 Å². The minimum Gasteiger partial charge on any atom is -0.382 e. The second kappa shape index (κ2) is 13.1. The number of nitrogens with zero attached hydrogens (tertiary/aromatic N) is 2. The molecule has 2 aromatic rings. The molecule has 1 aliphatic heterocycles. The minimum absolute atomic E-state index is 0.185. The van der Waals surface area contributed by atoms with Crippen LogP contribution in [0.25, 0.3) is 11.2 Å². The van der Waals surface area contributed by atoms with Gasteiger partial charge in [0, 0.05) is 13.8 Å². The number of hydrogen-bond acceptors (Lipinski definition) is 6. The predicted octanol–water partition coefficient (Wildman–Crippen LogP) is 5.89. The maximum atomic E-state index is 14.2. The lowest BCUT2D eigenvalue weighted by atomic mass is 9.67. The summed E-state index contributed by atoms with van der Waals surface area (Å²) in [6.07, 6.45) is 5.03. The van der Waals surface area contributed by atoms with Crippen LogP contribution in [-0.2, 0) is 23.1 Å². The lowest BCUT2D eigenvalue weighted by Gasteiger charge is -2.47. The zero-order valence-electron chi connectivity index (χ0n) is 26.0. The van der Waals surface area contributed by atoms with Gasteiger partial charge in [-0.3, -0.25) is 4.57 Å². The molecule has 39 heavy (non-hydrogen) atoms. The zero-order chi connectivity index (χ0) is 29.1. The number of H-pyrrole nitrogens is 2. The van der Waals surface area contributed by atoms with E-state index in [0.717, 1.165) is 29.7 Å². The Hall–Kier alpha value is -1.38. The van der Waals surface area contributed by atoms with Crippen molar-refractivity contribution in [2.75, 3.05) is 20.4 Å². The molecule has 1 aliphatic rings. The lowest BCUT2D eigenvalue weighted by molar-refractivity contribution is -0.762. The van der Waals surface area contributed by atoms with Crippen LogP contribution in [-0.4, -0.2) is 48.2 Å². The topological polar surface area (TPSA) is 101 Å². The predicted molar refractivity (Wildman–Crippen MR) is 152 cm³/mol. The number of fused-ring (bicyclic) bond motifs is 1. The number of aryl methyl sites for hydroxylation is 1. The van der Waals surface area contributed by atoms with Crippen LogP contribution >= 0.6 is 7.60 Å². The maximum absolute atomic E-state index is 14.2. The Morgan fingerprint density at radius 3 is 2.49 bits per heavy atom. The largest absolute Gasteiger partial charge is 0.399 e. The number of aromatic amines is 2. The molecule has 1 saturated heterocycles. The monoisotopic (exact) mass is 568 g/mol. The lowest BCUT2D eigenvalue weighted by Crippen LogP contribution is -2.48. The van der Waals surface area contributed by atoms with E-state index in [1.54, 1.807) is 20.1 Å². The van der Waals surface area contributed by atoms with Gasteiger partial charge in [-0.05, 0) is 43.4 Å². The smallest absolute Gasteiger partial charge is 0.382 e. The van der Waals surface area contributed by atoms with Crippen molar-refractivity contribution in [3.63, 3.8) is 0 Å². The highest BCUT2D eigenvalue weighted by atomic mass is 31.2. The van der Waals surface area contributed by atoms with Gasteiger partial charge in [0.1, 0.15) is 17.9 Å². The van der Waals surface area contributed by atoms with E-state index in [-0.39, 0.29) is 24.2 Å². The van der Waals surface area contributed by atoms with Crippen LogP contribution in [0.4, 0.5) is 0 Å². The molecule has 9 nitrogen and oxygen atoms in total. The number of aromatic nitrogens is 4. The molecule has 0 amide bonds. The first-order chi connectivity index (χ1) is 18.3. The molecule has 10 atom stereocenters. The Labute approximate surface area is 235 Å². The van der Waals surface area contributed by atoms with Crippen molar-refractivity contribution in [2.45, 2.75) is 106 Å². The van der Waals surface area contributed by atoms with Crippen molar-refractivity contribution < 1.29 is 32.6 Å². The average Bonchev–Trinajstić information content (AvgIpc) is 3.50. The molecular formula is C29H53N4O5P+2. The Morgan fingerprint density at radius 1 is 1.21 bits per heavy atom. The summed E-state index contributed by atoms with van der Waals surface area (Å²) in [7, 11) is -1.85. The Bertz CT molecular complexity index is 1130.